The first kappa shape index (κ1) is 13.8. The van der Waals surface area contributed by atoms with Gasteiger partial charge < -0.3 is 14.5 Å². The van der Waals surface area contributed by atoms with Crippen molar-refractivity contribution in [2.45, 2.75) is 6.92 Å². The maximum Gasteiger partial charge on any atom is 0.227 e. The van der Waals surface area contributed by atoms with Crippen LogP contribution in [0.1, 0.15) is 6.92 Å². The summed E-state index contributed by atoms with van der Waals surface area (Å²) in [5, 5.41) is 0. The van der Waals surface area contributed by atoms with Crippen molar-refractivity contribution in [2.75, 3.05) is 42.6 Å². The van der Waals surface area contributed by atoms with Crippen molar-refractivity contribution >= 4 is 17.5 Å². The van der Waals surface area contributed by atoms with E-state index < -0.39 is 0 Å². The predicted molar refractivity (Wildman–Crippen MR) is 84.2 cm³/mol. The smallest absolute Gasteiger partial charge is 0.227 e. The Morgan fingerprint density at radius 3 is 2.62 bits per heavy atom. The fourth-order valence-electron chi connectivity index (χ4n) is 2.49. The van der Waals surface area contributed by atoms with Gasteiger partial charge in [-0.15, -0.1) is 0 Å². The highest BCUT2D eigenvalue weighted by molar-refractivity contribution is 5.60. The van der Waals surface area contributed by atoms with Gasteiger partial charge in [-0.2, -0.15) is 4.98 Å². The minimum absolute atomic E-state index is 0.740. The van der Waals surface area contributed by atoms with Gasteiger partial charge in [-0.3, -0.25) is 0 Å². The van der Waals surface area contributed by atoms with E-state index in [2.05, 4.69) is 33.8 Å². The van der Waals surface area contributed by atoms with Crippen LogP contribution in [-0.4, -0.2) is 42.8 Å². The molecule has 0 aliphatic carbocycles. The summed E-state index contributed by atoms with van der Waals surface area (Å²) in [6, 6.07) is 12.3. The standard InChI is InChI=1S/C16H20N4O/c1-2-20(14-6-4-3-5-7-14)15-8-9-17-16(18-15)19-10-12-21-13-11-19/h3-9H,2,10-13H2,1H3. The number of hydrogen-bond acceptors (Lipinski definition) is 5. The van der Waals surface area contributed by atoms with E-state index in [1.54, 1.807) is 0 Å². The minimum atomic E-state index is 0.740. The number of nitrogens with zero attached hydrogens (tertiary/aromatic N) is 4. The minimum Gasteiger partial charge on any atom is -0.378 e. The van der Waals surface area contributed by atoms with E-state index in [9.17, 15) is 0 Å². The van der Waals surface area contributed by atoms with Gasteiger partial charge in [-0.25, -0.2) is 4.98 Å². The molecular weight excluding hydrogens is 264 g/mol. The lowest BCUT2D eigenvalue weighted by Gasteiger charge is -2.28. The number of hydrogen-bond donors (Lipinski definition) is 0. The van der Waals surface area contributed by atoms with Crippen LogP contribution in [-0.2, 0) is 4.74 Å². The molecule has 0 spiro atoms. The molecule has 0 saturated carbocycles. The second-order valence-corrected chi connectivity index (χ2v) is 4.89. The molecule has 5 nitrogen and oxygen atoms in total. The molecule has 5 heteroatoms. The van der Waals surface area contributed by atoms with Gasteiger partial charge in [0.1, 0.15) is 5.82 Å². The molecule has 1 aliphatic rings. The maximum absolute atomic E-state index is 5.38. The lowest BCUT2D eigenvalue weighted by atomic mass is 10.3. The Hall–Kier alpha value is -2.14. The van der Waals surface area contributed by atoms with Gasteiger partial charge in [0, 0.05) is 31.5 Å². The van der Waals surface area contributed by atoms with E-state index in [0.29, 0.717) is 0 Å². The molecule has 0 bridgehead atoms. The quantitative estimate of drug-likeness (QED) is 0.862. The molecule has 0 N–H and O–H groups in total. The van der Waals surface area contributed by atoms with E-state index in [4.69, 9.17) is 9.72 Å². The topological polar surface area (TPSA) is 41.5 Å². The first-order valence-corrected chi connectivity index (χ1v) is 7.37. The molecular formula is C16H20N4O. The van der Waals surface area contributed by atoms with Crippen LogP contribution < -0.4 is 9.80 Å². The fraction of sp³-hybridized carbons (Fsp3) is 0.375. The summed E-state index contributed by atoms with van der Waals surface area (Å²) in [5.74, 6) is 1.71. The molecule has 3 rings (SSSR count). The SMILES string of the molecule is CCN(c1ccccc1)c1ccnc(N2CCOCC2)n1. The lowest BCUT2D eigenvalue weighted by molar-refractivity contribution is 0.122. The molecule has 110 valence electrons. The Morgan fingerprint density at radius 2 is 1.90 bits per heavy atom. The van der Waals surface area contributed by atoms with Gasteiger partial charge in [0.05, 0.1) is 13.2 Å². The molecule has 1 aromatic heterocycles. The van der Waals surface area contributed by atoms with Crippen LogP contribution >= 0.6 is 0 Å². The second-order valence-electron chi connectivity index (χ2n) is 4.89. The summed E-state index contributed by atoms with van der Waals surface area (Å²) in [4.78, 5) is 13.5. The highest BCUT2D eigenvalue weighted by Gasteiger charge is 2.16. The first-order chi connectivity index (χ1) is 10.4. The monoisotopic (exact) mass is 284 g/mol. The molecule has 1 aromatic carbocycles. The van der Waals surface area contributed by atoms with E-state index >= 15 is 0 Å². The molecule has 1 saturated heterocycles. The summed E-state index contributed by atoms with van der Waals surface area (Å²) in [6.45, 7) is 6.17. The van der Waals surface area contributed by atoms with E-state index in [0.717, 1.165) is 50.3 Å². The zero-order valence-electron chi connectivity index (χ0n) is 12.3. The van der Waals surface area contributed by atoms with Crippen molar-refractivity contribution in [3.05, 3.63) is 42.6 Å². The number of morpholine rings is 1. The normalized spacial score (nSPS) is 15.0. The van der Waals surface area contributed by atoms with Gasteiger partial charge in [0.15, 0.2) is 0 Å². The Morgan fingerprint density at radius 1 is 1.14 bits per heavy atom. The molecule has 0 amide bonds. The van der Waals surface area contributed by atoms with E-state index in [-0.39, 0.29) is 0 Å². The van der Waals surface area contributed by atoms with Crippen LogP contribution in [0, 0.1) is 0 Å². The van der Waals surface area contributed by atoms with Gasteiger partial charge in [-0.05, 0) is 25.1 Å². The Bertz CT molecular complexity index is 569. The van der Waals surface area contributed by atoms with Gasteiger partial charge in [0.2, 0.25) is 5.95 Å². The second kappa shape index (κ2) is 6.54. The fourth-order valence-corrected chi connectivity index (χ4v) is 2.49. The highest BCUT2D eigenvalue weighted by atomic mass is 16.5. The molecule has 0 radical (unpaired) electrons. The Labute approximate surface area is 125 Å². The number of para-hydroxylation sites is 1. The summed E-state index contributed by atoms with van der Waals surface area (Å²) in [6.07, 6.45) is 1.83. The Balaban J connectivity index is 1.87. The maximum atomic E-state index is 5.38. The number of ether oxygens (including phenoxy) is 1. The molecule has 2 heterocycles. The van der Waals surface area contributed by atoms with E-state index in [1.165, 1.54) is 0 Å². The van der Waals surface area contributed by atoms with Gasteiger partial charge >= 0.3 is 0 Å². The number of aromatic nitrogens is 2. The zero-order valence-corrected chi connectivity index (χ0v) is 12.3. The summed E-state index contributed by atoms with van der Waals surface area (Å²) in [7, 11) is 0. The third-order valence-electron chi connectivity index (χ3n) is 3.58. The van der Waals surface area contributed by atoms with Crippen molar-refractivity contribution in [3.63, 3.8) is 0 Å². The molecule has 1 fully saturated rings. The third kappa shape index (κ3) is 3.13. The van der Waals surface area contributed by atoms with Gasteiger partial charge in [0.25, 0.3) is 0 Å². The summed E-state index contributed by atoms with van der Waals surface area (Å²) in [5.41, 5.74) is 1.15. The van der Waals surface area contributed by atoms with Crippen LogP contribution in [0.3, 0.4) is 0 Å². The van der Waals surface area contributed by atoms with Crippen molar-refractivity contribution < 1.29 is 4.74 Å². The van der Waals surface area contributed by atoms with Crippen LogP contribution in [0.5, 0.6) is 0 Å². The molecule has 1 aliphatic heterocycles. The number of benzene rings is 1. The highest BCUT2D eigenvalue weighted by Crippen LogP contribution is 2.24. The molecule has 0 atom stereocenters. The van der Waals surface area contributed by atoms with E-state index in [1.807, 2.05) is 30.5 Å². The van der Waals surface area contributed by atoms with Crippen LogP contribution in [0.15, 0.2) is 42.6 Å². The van der Waals surface area contributed by atoms with Crippen LogP contribution in [0.25, 0.3) is 0 Å². The average molecular weight is 284 g/mol. The van der Waals surface area contributed by atoms with Crippen molar-refractivity contribution in [3.8, 4) is 0 Å². The lowest BCUT2D eigenvalue weighted by Crippen LogP contribution is -2.37. The number of anilines is 3. The summed E-state index contributed by atoms with van der Waals surface area (Å²) < 4.78 is 5.38. The van der Waals surface area contributed by atoms with Crippen LogP contribution in [0.4, 0.5) is 17.5 Å². The van der Waals surface area contributed by atoms with Crippen molar-refractivity contribution in [2.24, 2.45) is 0 Å². The molecule has 2 aromatic rings. The van der Waals surface area contributed by atoms with Crippen LogP contribution in [0.2, 0.25) is 0 Å². The first-order valence-electron chi connectivity index (χ1n) is 7.37. The molecule has 21 heavy (non-hydrogen) atoms. The zero-order chi connectivity index (χ0) is 14.5. The largest absolute Gasteiger partial charge is 0.378 e. The Kier molecular flexibility index (Phi) is 4.31. The van der Waals surface area contributed by atoms with Crippen molar-refractivity contribution in [1.82, 2.24) is 9.97 Å². The summed E-state index contributed by atoms with van der Waals surface area (Å²) >= 11 is 0. The van der Waals surface area contributed by atoms with Gasteiger partial charge in [-0.1, -0.05) is 18.2 Å². The average Bonchev–Trinajstić information content (AvgIpc) is 2.58. The van der Waals surface area contributed by atoms with Crippen molar-refractivity contribution in [1.29, 1.82) is 0 Å². The molecule has 0 unspecified atom stereocenters. The third-order valence-corrected chi connectivity index (χ3v) is 3.58. The predicted octanol–water partition coefficient (Wildman–Crippen LogP) is 2.47. The number of rotatable bonds is 4.